The molecular weight excluding hydrogens is 196 g/mol. The van der Waals surface area contributed by atoms with E-state index < -0.39 is 11.4 Å². The molecule has 0 aliphatic carbocycles. The van der Waals surface area contributed by atoms with E-state index in [-0.39, 0.29) is 5.56 Å². The van der Waals surface area contributed by atoms with Crippen LogP contribution in [0.25, 0.3) is 6.08 Å². The van der Waals surface area contributed by atoms with E-state index in [0.29, 0.717) is 12.3 Å². The maximum Gasteiger partial charge on any atom is 0.331 e. The summed E-state index contributed by atoms with van der Waals surface area (Å²) in [4.78, 5) is 25.0. The average Bonchev–Trinajstić information content (AvgIpc) is 2.76. The second-order valence-electron chi connectivity index (χ2n) is 3.83. The predicted octanol–water partition coefficient (Wildman–Crippen LogP) is 0.0266. The number of H-pyrrole nitrogens is 1. The maximum atomic E-state index is 11.7. The third-order valence-electron chi connectivity index (χ3n) is 2.89. The third-order valence-corrected chi connectivity index (χ3v) is 2.89. The van der Waals surface area contributed by atoms with Crippen molar-refractivity contribution in [2.75, 3.05) is 6.61 Å². The zero-order valence-corrected chi connectivity index (χ0v) is 8.03. The van der Waals surface area contributed by atoms with Crippen LogP contribution < -0.4 is 11.2 Å². The lowest BCUT2D eigenvalue weighted by Crippen LogP contribution is -2.41. The van der Waals surface area contributed by atoms with E-state index >= 15 is 0 Å². The van der Waals surface area contributed by atoms with E-state index in [2.05, 4.69) is 4.98 Å². The van der Waals surface area contributed by atoms with Crippen LogP contribution in [-0.2, 0) is 10.5 Å². The predicted molar refractivity (Wildman–Crippen MR) is 53.5 cm³/mol. The highest BCUT2D eigenvalue weighted by Gasteiger charge is 2.39. The van der Waals surface area contributed by atoms with Gasteiger partial charge < -0.3 is 4.74 Å². The van der Waals surface area contributed by atoms with Crippen LogP contribution in [0.4, 0.5) is 0 Å². The lowest BCUT2D eigenvalue weighted by atomic mass is 10.1. The molecule has 2 aliphatic heterocycles. The van der Waals surface area contributed by atoms with Crippen LogP contribution in [0, 0.1) is 0 Å². The van der Waals surface area contributed by atoms with Crippen LogP contribution in [0.2, 0.25) is 0 Å². The minimum absolute atomic E-state index is 0.369. The molecule has 0 saturated carbocycles. The number of aromatic nitrogens is 2. The molecule has 0 bridgehead atoms. The van der Waals surface area contributed by atoms with Gasteiger partial charge in [-0.1, -0.05) is 0 Å². The Kier molecular flexibility index (Phi) is 1.56. The Balaban J connectivity index is 2.30. The van der Waals surface area contributed by atoms with E-state index in [0.717, 1.165) is 12.8 Å². The molecule has 1 saturated heterocycles. The van der Waals surface area contributed by atoms with E-state index in [4.69, 9.17) is 4.74 Å². The Bertz CT molecular complexity index is 547. The summed E-state index contributed by atoms with van der Waals surface area (Å²) < 4.78 is 7.12. The number of aromatic amines is 1. The Morgan fingerprint density at radius 1 is 1.47 bits per heavy atom. The standard InChI is InChI=1S/C10H10N2O3/c13-8-6-7-2-4-10(3-1-5-15-10)12(7)9(14)11-8/h2,4,6H,1,3,5H2,(H,11,13,14). The van der Waals surface area contributed by atoms with Crippen molar-refractivity contribution < 1.29 is 4.74 Å². The third kappa shape index (κ3) is 1.07. The molecule has 0 aromatic carbocycles. The van der Waals surface area contributed by atoms with Crippen molar-refractivity contribution in [3.8, 4) is 0 Å². The zero-order valence-electron chi connectivity index (χ0n) is 8.03. The summed E-state index contributed by atoms with van der Waals surface area (Å²) in [6.45, 7) is 0.648. The summed E-state index contributed by atoms with van der Waals surface area (Å²) in [6, 6.07) is 1.41. The van der Waals surface area contributed by atoms with Crippen molar-refractivity contribution in [3.63, 3.8) is 0 Å². The Labute approximate surface area is 85.0 Å². The van der Waals surface area contributed by atoms with Crippen LogP contribution >= 0.6 is 0 Å². The molecule has 3 heterocycles. The average molecular weight is 206 g/mol. The molecule has 1 aromatic rings. The first-order chi connectivity index (χ1) is 7.21. The minimum Gasteiger partial charge on any atom is -0.351 e. The zero-order chi connectivity index (χ0) is 10.5. The van der Waals surface area contributed by atoms with Gasteiger partial charge in [0.2, 0.25) is 0 Å². The maximum absolute atomic E-state index is 11.7. The van der Waals surface area contributed by atoms with Gasteiger partial charge in [-0.15, -0.1) is 0 Å². The smallest absolute Gasteiger partial charge is 0.331 e. The first-order valence-corrected chi connectivity index (χ1v) is 4.91. The molecule has 5 nitrogen and oxygen atoms in total. The van der Waals surface area contributed by atoms with Crippen LogP contribution in [-0.4, -0.2) is 16.2 Å². The second kappa shape index (κ2) is 2.70. The highest BCUT2D eigenvalue weighted by molar-refractivity contribution is 5.51. The molecule has 3 rings (SSSR count). The molecule has 1 N–H and O–H groups in total. The van der Waals surface area contributed by atoms with Crippen molar-refractivity contribution in [3.05, 3.63) is 38.7 Å². The Morgan fingerprint density at radius 2 is 2.33 bits per heavy atom. The molecule has 15 heavy (non-hydrogen) atoms. The van der Waals surface area contributed by atoms with E-state index in [1.54, 1.807) is 6.08 Å². The lowest BCUT2D eigenvalue weighted by Gasteiger charge is -2.23. The van der Waals surface area contributed by atoms with Gasteiger partial charge in [-0.25, -0.2) is 4.79 Å². The molecule has 1 atom stereocenters. The minimum atomic E-state index is -0.642. The fourth-order valence-electron chi connectivity index (χ4n) is 2.27. The van der Waals surface area contributed by atoms with E-state index in [1.807, 2.05) is 6.08 Å². The largest absolute Gasteiger partial charge is 0.351 e. The van der Waals surface area contributed by atoms with Gasteiger partial charge in [-0.05, 0) is 18.6 Å². The van der Waals surface area contributed by atoms with Crippen LogP contribution in [0.1, 0.15) is 18.5 Å². The molecule has 0 amide bonds. The number of hydrogen-bond acceptors (Lipinski definition) is 3. The van der Waals surface area contributed by atoms with Crippen LogP contribution in [0.5, 0.6) is 0 Å². The van der Waals surface area contributed by atoms with Crippen LogP contribution in [0.15, 0.2) is 21.7 Å². The van der Waals surface area contributed by atoms with E-state index in [1.165, 1.54) is 10.6 Å². The molecule has 2 aliphatic rings. The molecule has 0 radical (unpaired) electrons. The normalized spacial score (nSPS) is 27.5. The van der Waals surface area contributed by atoms with Crippen molar-refractivity contribution in [1.82, 2.24) is 9.55 Å². The summed E-state index contributed by atoms with van der Waals surface area (Å²) >= 11 is 0. The summed E-state index contributed by atoms with van der Waals surface area (Å²) in [5, 5.41) is 0. The SMILES string of the molecule is O=c1cc2n(c(=O)[nH]1)C1(C=C2)CCCO1. The van der Waals surface area contributed by atoms with Gasteiger partial charge in [0.15, 0.2) is 5.72 Å². The van der Waals surface area contributed by atoms with Crippen molar-refractivity contribution >= 4 is 6.08 Å². The van der Waals surface area contributed by atoms with Gasteiger partial charge in [0.25, 0.3) is 5.56 Å². The van der Waals surface area contributed by atoms with E-state index in [9.17, 15) is 9.59 Å². The number of fused-ring (bicyclic) bond motifs is 2. The first kappa shape index (κ1) is 8.67. The molecule has 1 aromatic heterocycles. The summed E-state index contributed by atoms with van der Waals surface area (Å²) in [7, 11) is 0. The molecule has 1 unspecified atom stereocenters. The van der Waals surface area contributed by atoms with Gasteiger partial charge in [-0.2, -0.15) is 0 Å². The quantitative estimate of drug-likeness (QED) is 0.651. The fraction of sp³-hybridized carbons (Fsp3) is 0.400. The molecular formula is C10H10N2O3. The number of nitrogens with one attached hydrogen (secondary N) is 1. The fourth-order valence-corrected chi connectivity index (χ4v) is 2.27. The second-order valence-corrected chi connectivity index (χ2v) is 3.83. The van der Waals surface area contributed by atoms with Gasteiger partial charge in [0.1, 0.15) is 0 Å². The summed E-state index contributed by atoms with van der Waals surface area (Å²) in [5.74, 6) is 0. The summed E-state index contributed by atoms with van der Waals surface area (Å²) in [6.07, 6.45) is 5.32. The monoisotopic (exact) mass is 206 g/mol. The Morgan fingerprint density at radius 3 is 3.07 bits per heavy atom. The Hall–Kier alpha value is -1.62. The van der Waals surface area contributed by atoms with Gasteiger partial charge in [0.05, 0.1) is 12.3 Å². The van der Waals surface area contributed by atoms with Gasteiger partial charge in [0, 0.05) is 12.5 Å². The number of ether oxygens (including phenoxy) is 1. The van der Waals surface area contributed by atoms with Crippen LogP contribution in [0.3, 0.4) is 0 Å². The number of nitrogens with zero attached hydrogens (tertiary/aromatic N) is 1. The van der Waals surface area contributed by atoms with Crippen molar-refractivity contribution in [2.24, 2.45) is 0 Å². The van der Waals surface area contributed by atoms with Crippen molar-refractivity contribution in [1.29, 1.82) is 0 Å². The number of rotatable bonds is 0. The van der Waals surface area contributed by atoms with Gasteiger partial charge >= 0.3 is 5.69 Å². The van der Waals surface area contributed by atoms with Gasteiger partial charge in [-0.3, -0.25) is 14.3 Å². The van der Waals surface area contributed by atoms with Crippen molar-refractivity contribution in [2.45, 2.75) is 18.6 Å². The topological polar surface area (TPSA) is 64.1 Å². The molecule has 5 heteroatoms. The highest BCUT2D eigenvalue weighted by atomic mass is 16.5. The summed E-state index contributed by atoms with van der Waals surface area (Å²) in [5.41, 5.74) is -0.794. The first-order valence-electron chi connectivity index (χ1n) is 4.91. The molecule has 78 valence electrons. The molecule has 1 fully saturated rings. The lowest BCUT2D eigenvalue weighted by molar-refractivity contribution is -0.0185. The number of hydrogen-bond donors (Lipinski definition) is 1. The molecule has 1 spiro atoms. The highest BCUT2D eigenvalue weighted by Crippen LogP contribution is 2.36.